The van der Waals surface area contributed by atoms with Gasteiger partial charge in [-0.1, -0.05) is 83.0 Å². The van der Waals surface area contributed by atoms with E-state index in [9.17, 15) is 10.1 Å². The lowest BCUT2D eigenvalue weighted by atomic mass is 9.99. The molecule has 0 bridgehead atoms. The summed E-state index contributed by atoms with van der Waals surface area (Å²) < 4.78 is 0. The molecule has 4 rings (SSSR count). The van der Waals surface area contributed by atoms with Crippen molar-refractivity contribution in [1.82, 2.24) is 4.98 Å². The first-order chi connectivity index (χ1) is 16.4. The minimum Gasteiger partial charge on any atom is -0.325 e. The fourth-order valence-electron chi connectivity index (χ4n) is 3.43. The number of aryl methyl sites for hydroxylation is 2. The monoisotopic (exact) mass is 483 g/mol. The third-order valence-corrected chi connectivity index (χ3v) is 6.50. The van der Waals surface area contributed by atoms with Gasteiger partial charge in [-0.05, 0) is 49.7 Å². The molecule has 1 amide bonds. The third kappa shape index (κ3) is 5.66. The highest BCUT2D eigenvalue weighted by molar-refractivity contribution is 8.00. The number of aromatic nitrogens is 1. The summed E-state index contributed by atoms with van der Waals surface area (Å²) in [6.45, 7) is 4.03. The SMILES string of the molecule is Cc1ccc(NC(=O)CSc2nc(-c3ccc(C)cc3)cc(-c3ccc(Cl)cc3)c2C#N)cc1. The molecule has 0 spiro atoms. The van der Waals surface area contributed by atoms with Crippen LogP contribution < -0.4 is 5.32 Å². The highest BCUT2D eigenvalue weighted by atomic mass is 35.5. The maximum absolute atomic E-state index is 12.6. The first-order valence-electron chi connectivity index (χ1n) is 10.7. The normalized spacial score (nSPS) is 10.5. The van der Waals surface area contributed by atoms with Crippen molar-refractivity contribution in [3.63, 3.8) is 0 Å². The summed E-state index contributed by atoms with van der Waals surface area (Å²) in [7, 11) is 0. The molecule has 0 radical (unpaired) electrons. The van der Waals surface area contributed by atoms with Gasteiger partial charge in [0.05, 0.1) is 17.0 Å². The number of nitrogens with one attached hydrogen (secondary N) is 1. The number of carbonyl (C=O) groups excluding carboxylic acids is 1. The van der Waals surface area contributed by atoms with Crippen molar-refractivity contribution in [1.29, 1.82) is 5.26 Å². The standard InChI is InChI=1S/C28H22ClN3OS/c1-18-3-7-21(8-4-18)26-15-24(20-9-11-22(29)12-10-20)25(16-30)28(32-26)34-17-27(33)31-23-13-5-19(2)6-14-23/h3-15H,17H2,1-2H3,(H,31,33). The molecule has 0 unspecified atom stereocenters. The van der Waals surface area contributed by atoms with Crippen molar-refractivity contribution in [2.24, 2.45) is 0 Å². The molecule has 0 atom stereocenters. The van der Waals surface area contributed by atoms with Crippen molar-refractivity contribution in [3.8, 4) is 28.5 Å². The summed E-state index contributed by atoms with van der Waals surface area (Å²) >= 11 is 7.33. The third-order valence-electron chi connectivity index (χ3n) is 5.28. The van der Waals surface area contributed by atoms with Crippen LogP contribution >= 0.6 is 23.4 Å². The zero-order valence-corrected chi connectivity index (χ0v) is 20.4. The van der Waals surface area contributed by atoms with E-state index in [1.54, 1.807) is 12.1 Å². The number of benzene rings is 3. The zero-order chi connectivity index (χ0) is 24.1. The summed E-state index contributed by atoms with van der Waals surface area (Å²) in [4.78, 5) is 17.4. The molecule has 1 aromatic heterocycles. The van der Waals surface area contributed by atoms with Gasteiger partial charge in [0, 0.05) is 21.8 Å². The summed E-state index contributed by atoms with van der Waals surface area (Å²) in [5.74, 6) is -0.0270. The molecule has 168 valence electrons. The second kappa shape index (κ2) is 10.6. The average molecular weight is 484 g/mol. The van der Waals surface area contributed by atoms with Gasteiger partial charge in [0.2, 0.25) is 5.91 Å². The van der Waals surface area contributed by atoms with Gasteiger partial charge in [-0.2, -0.15) is 5.26 Å². The van der Waals surface area contributed by atoms with Crippen molar-refractivity contribution >= 4 is 35.0 Å². The van der Waals surface area contributed by atoms with Crippen molar-refractivity contribution in [2.45, 2.75) is 18.9 Å². The van der Waals surface area contributed by atoms with E-state index in [-0.39, 0.29) is 11.7 Å². The van der Waals surface area contributed by atoms with Crippen LogP contribution in [0.4, 0.5) is 5.69 Å². The van der Waals surface area contributed by atoms with E-state index in [0.29, 0.717) is 15.6 Å². The van der Waals surface area contributed by atoms with Gasteiger partial charge in [-0.3, -0.25) is 4.79 Å². The number of carbonyl (C=O) groups is 1. The number of nitriles is 1. The van der Waals surface area contributed by atoms with Crippen molar-refractivity contribution in [2.75, 3.05) is 11.1 Å². The number of hydrogen-bond acceptors (Lipinski definition) is 4. The average Bonchev–Trinajstić information content (AvgIpc) is 2.84. The molecule has 34 heavy (non-hydrogen) atoms. The van der Waals surface area contributed by atoms with Crippen LogP contribution in [0.25, 0.3) is 22.4 Å². The Labute approximate surface area is 208 Å². The number of pyridine rings is 1. The highest BCUT2D eigenvalue weighted by Gasteiger charge is 2.17. The maximum atomic E-state index is 12.6. The molecular weight excluding hydrogens is 462 g/mol. The van der Waals surface area contributed by atoms with E-state index in [4.69, 9.17) is 16.6 Å². The summed E-state index contributed by atoms with van der Waals surface area (Å²) in [6.07, 6.45) is 0. The number of halogens is 1. The zero-order valence-electron chi connectivity index (χ0n) is 18.8. The van der Waals surface area contributed by atoms with Gasteiger partial charge in [-0.25, -0.2) is 4.98 Å². The van der Waals surface area contributed by atoms with E-state index in [2.05, 4.69) is 11.4 Å². The molecule has 4 aromatic rings. The first-order valence-corrected chi connectivity index (χ1v) is 12.1. The molecule has 0 aliphatic rings. The Hall–Kier alpha value is -3.59. The lowest BCUT2D eigenvalue weighted by molar-refractivity contribution is -0.113. The summed E-state index contributed by atoms with van der Waals surface area (Å²) in [6, 6.07) is 27.3. The Balaban J connectivity index is 1.68. The largest absolute Gasteiger partial charge is 0.325 e. The van der Waals surface area contributed by atoms with Gasteiger partial charge < -0.3 is 5.32 Å². The Kier molecular flexibility index (Phi) is 7.32. The van der Waals surface area contributed by atoms with Crippen molar-refractivity contribution < 1.29 is 4.79 Å². The molecule has 0 aliphatic heterocycles. The lowest BCUT2D eigenvalue weighted by Crippen LogP contribution is -2.14. The van der Waals surface area contributed by atoms with Crippen molar-refractivity contribution in [3.05, 3.63) is 101 Å². The number of thioether (sulfide) groups is 1. The molecule has 3 aromatic carbocycles. The predicted molar refractivity (Wildman–Crippen MR) is 140 cm³/mol. The van der Waals surface area contributed by atoms with Crippen LogP contribution in [0.3, 0.4) is 0 Å². The molecule has 4 nitrogen and oxygen atoms in total. The topological polar surface area (TPSA) is 65.8 Å². The lowest BCUT2D eigenvalue weighted by Gasteiger charge is -2.13. The quantitative estimate of drug-likeness (QED) is 0.292. The molecule has 0 aliphatic carbocycles. The fraction of sp³-hybridized carbons (Fsp3) is 0.107. The van der Waals surface area contributed by atoms with Crippen LogP contribution in [-0.2, 0) is 4.79 Å². The summed E-state index contributed by atoms with van der Waals surface area (Å²) in [5.41, 5.74) is 6.75. The van der Waals surface area contributed by atoms with Crippen LogP contribution in [0, 0.1) is 25.2 Å². The number of anilines is 1. The number of amides is 1. The van der Waals surface area contributed by atoms with Crippen LogP contribution in [0.5, 0.6) is 0 Å². The van der Waals surface area contributed by atoms with E-state index in [1.807, 2.05) is 80.6 Å². The molecule has 6 heteroatoms. The second-order valence-electron chi connectivity index (χ2n) is 7.92. The van der Waals surface area contributed by atoms with E-state index in [0.717, 1.165) is 39.2 Å². The second-order valence-corrected chi connectivity index (χ2v) is 9.32. The summed E-state index contributed by atoms with van der Waals surface area (Å²) in [5, 5.41) is 14.0. The smallest absolute Gasteiger partial charge is 0.234 e. The molecule has 0 saturated heterocycles. The molecule has 0 saturated carbocycles. The molecule has 1 heterocycles. The van der Waals surface area contributed by atoms with Crippen LogP contribution in [0.2, 0.25) is 5.02 Å². The van der Waals surface area contributed by atoms with Gasteiger partial charge in [-0.15, -0.1) is 0 Å². The van der Waals surface area contributed by atoms with Crippen LogP contribution in [-0.4, -0.2) is 16.6 Å². The fourth-order valence-corrected chi connectivity index (χ4v) is 4.36. The molecular formula is C28H22ClN3OS. The Bertz CT molecular complexity index is 1360. The first kappa shape index (κ1) is 23.6. The predicted octanol–water partition coefficient (Wildman–Crippen LogP) is 7.29. The minimum atomic E-state index is -0.159. The van der Waals surface area contributed by atoms with Gasteiger partial charge in [0.25, 0.3) is 0 Å². The number of rotatable bonds is 6. The van der Waals surface area contributed by atoms with E-state index >= 15 is 0 Å². The minimum absolute atomic E-state index is 0.132. The molecule has 0 fully saturated rings. The Morgan fingerprint density at radius 1 is 0.941 bits per heavy atom. The van der Waals surface area contributed by atoms with Crippen LogP contribution in [0.1, 0.15) is 16.7 Å². The molecule has 1 N–H and O–H groups in total. The van der Waals surface area contributed by atoms with Gasteiger partial charge >= 0.3 is 0 Å². The van der Waals surface area contributed by atoms with Crippen LogP contribution in [0.15, 0.2) is 83.9 Å². The van der Waals surface area contributed by atoms with Gasteiger partial charge in [0.1, 0.15) is 11.1 Å². The Morgan fingerprint density at radius 3 is 2.15 bits per heavy atom. The number of nitrogens with zero attached hydrogens (tertiary/aromatic N) is 2. The van der Waals surface area contributed by atoms with Gasteiger partial charge in [0.15, 0.2) is 0 Å². The van der Waals surface area contributed by atoms with E-state index in [1.165, 1.54) is 11.8 Å². The number of hydrogen-bond donors (Lipinski definition) is 1. The van der Waals surface area contributed by atoms with E-state index < -0.39 is 0 Å². The highest BCUT2D eigenvalue weighted by Crippen LogP contribution is 2.34. The maximum Gasteiger partial charge on any atom is 0.234 e. The Morgan fingerprint density at radius 2 is 1.53 bits per heavy atom.